The molecule has 1 rings (SSSR count). The van der Waals surface area contributed by atoms with Crippen molar-refractivity contribution in [2.75, 3.05) is 0 Å². The van der Waals surface area contributed by atoms with Crippen molar-refractivity contribution in [3.63, 3.8) is 0 Å². The van der Waals surface area contributed by atoms with Crippen LogP contribution in [0.2, 0.25) is 10.0 Å². The number of halogens is 2. The largest absolute Gasteiger partial charge is 0.481 e. The number of carbonyl (C=O) groups is 2. The number of benzene rings is 1. The molecule has 0 saturated carbocycles. The monoisotopic (exact) mass is 331 g/mol. The first-order valence-electron chi connectivity index (χ1n) is 6.80. The molecule has 0 bridgehead atoms. The van der Waals surface area contributed by atoms with Crippen molar-refractivity contribution in [1.29, 1.82) is 0 Å². The lowest BCUT2D eigenvalue weighted by atomic mass is 10.0. The lowest BCUT2D eigenvalue weighted by Crippen LogP contribution is -2.32. The molecule has 1 amide bonds. The van der Waals surface area contributed by atoms with Crippen molar-refractivity contribution in [3.05, 3.63) is 33.8 Å². The Balaban J connectivity index is 2.47. The zero-order chi connectivity index (χ0) is 16.0. The summed E-state index contributed by atoms with van der Waals surface area (Å²) in [6, 6.07) is 4.84. The first-order chi connectivity index (χ1) is 9.82. The summed E-state index contributed by atoms with van der Waals surface area (Å²) in [5, 5.41) is 12.2. The molecule has 0 aliphatic carbocycles. The molecule has 0 aliphatic rings. The Bertz CT molecular complexity index is 520. The molecule has 0 heterocycles. The number of carboxylic acids is 1. The van der Waals surface area contributed by atoms with E-state index in [0.717, 1.165) is 6.42 Å². The Morgan fingerprint density at radius 1 is 1.24 bits per heavy atom. The minimum absolute atomic E-state index is 0.0615. The van der Waals surface area contributed by atoms with Crippen LogP contribution in [-0.4, -0.2) is 23.0 Å². The Morgan fingerprint density at radius 2 is 1.90 bits per heavy atom. The van der Waals surface area contributed by atoms with Crippen molar-refractivity contribution < 1.29 is 14.7 Å². The van der Waals surface area contributed by atoms with Gasteiger partial charge in [-0.05, 0) is 31.9 Å². The number of hydrogen-bond donors (Lipinski definition) is 2. The minimum Gasteiger partial charge on any atom is -0.481 e. The van der Waals surface area contributed by atoms with E-state index in [1.165, 1.54) is 0 Å². The number of carbonyl (C=O) groups excluding carboxylic acids is 1. The fourth-order valence-corrected chi connectivity index (χ4v) is 2.29. The van der Waals surface area contributed by atoms with Gasteiger partial charge in [-0.15, -0.1) is 0 Å². The van der Waals surface area contributed by atoms with E-state index in [0.29, 0.717) is 23.4 Å². The van der Waals surface area contributed by atoms with E-state index in [2.05, 4.69) is 5.32 Å². The van der Waals surface area contributed by atoms with Crippen molar-refractivity contribution in [3.8, 4) is 0 Å². The van der Waals surface area contributed by atoms with Crippen LogP contribution in [0, 0.1) is 5.92 Å². The fraction of sp³-hybridized carbons (Fsp3) is 0.467. The van der Waals surface area contributed by atoms with E-state index in [9.17, 15) is 9.59 Å². The first-order valence-corrected chi connectivity index (χ1v) is 7.56. The summed E-state index contributed by atoms with van der Waals surface area (Å²) < 4.78 is 0. The summed E-state index contributed by atoms with van der Waals surface area (Å²) in [5.41, 5.74) is 0.343. The van der Waals surface area contributed by atoms with Crippen LogP contribution in [-0.2, 0) is 4.79 Å². The lowest BCUT2D eigenvalue weighted by molar-refractivity contribution is -0.141. The van der Waals surface area contributed by atoms with Gasteiger partial charge in [-0.1, -0.05) is 42.6 Å². The van der Waals surface area contributed by atoms with Gasteiger partial charge in [0.25, 0.3) is 5.91 Å². The number of nitrogens with one attached hydrogen (secondary N) is 1. The molecule has 0 spiro atoms. The van der Waals surface area contributed by atoms with E-state index < -0.39 is 5.97 Å². The molecule has 0 saturated heterocycles. The van der Waals surface area contributed by atoms with Crippen LogP contribution in [0.15, 0.2) is 18.2 Å². The molecular weight excluding hydrogens is 313 g/mol. The summed E-state index contributed by atoms with van der Waals surface area (Å²) in [7, 11) is 0. The molecule has 0 fully saturated rings. The average molecular weight is 332 g/mol. The molecule has 0 radical (unpaired) electrons. The highest BCUT2D eigenvalue weighted by atomic mass is 35.5. The zero-order valence-electron chi connectivity index (χ0n) is 12.0. The normalized spacial score (nSPS) is 13.5. The Morgan fingerprint density at radius 3 is 2.52 bits per heavy atom. The summed E-state index contributed by atoms with van der Waals surface area (Å²) in [4.78, 5) is 22.8. The van der Waals surface area contributed by atoms with Gasteiger partial charge < -0.3 is 10.4 Å². The first kappa shape index (κ1) is 17.8. The summed E-state index contributed by atoms with van der Waals surface area (Å²) in [6.45, 7) is 3.55. The van der Waals surface area contributed by atoms with Crippen LogP contribution in [0.5, 0.6) is 0 Å². The number of amides is 1. The molecule has 116 valence electrons. The smallest absolute Gasteiger partial charge is 0.306 e. The van der Waals surface area contributed by atoms with Gasteiger partial charge in [-0.25, -0.2) is 0 Å². The van der Waals surface area contributed by atoms with Gasteiger partial charge in [0.2, 0.25) is 0 Å². The van der Waals surface area contributed by atoms with Gasteiger partial charge in [0.1, 0.15) is 0 Å². The van der Waals surface area contributed by atoms with Crippen LogP contribution in [0.1, 0.15) is 43.5 Å². The highest BCUT2D eigenvalue weighted by Gasteiger charge is 2.15. The SMILES string of the molecule is CC(CCCC(C)C(=O)O)NC(=O)c1cccc(Cl)c1Cl. The average Bonchev–Trinajstić information content (AvgIpc) is 2.41. The lowest BCUT2D eigenvalue weighted by Gasteiger charge is -2.15. The van der Waals surface area contributed by atoms with Crippen LogP contribution >= 0.6 is 23.2 Å². The van der Waals surface area contributed by atoms with E-state index >= 15 is 0 Å². The second kappa shape index (κ2) is 8.25. The molecule has 1 aromatic rings. The number of rotatable bonds is 7. The van der Waals surface area contributed by atoms with E-state index in [1.807, 2.05) is 6.92 Å². The molecule has 0 aliphatic heterocycles. The molecule has 4 nitrogen and oxygen atoms in total. The molecule has 1 aromatic carbocycles. The zero-order valence-corrected chi connectivity index (χ0v) is 13.5. The van der Waals surface area contributed by atoms with Crippen molar-refractivity contribution in [2.45, 2.75) is 39.2 Å². The van der Waals surface area contributed by atoms with Gasteiger partial charge in [0.05, 0.1) is 21.5 Å². The molecule has 2 N–H and O–H groups in total. The number of carboxylic acid groups (broad SMARTS) is 1. The third-order valence-electron chi connectivity index (χ3n) is 3.27. The van der Waals surface area contributed by atoms with Crippen LogP contribution in [0.25, 0.3) is 0 Å². The quantitative estimate of drug-likeness (QED) is 0.793. The highest BCUT2D eigenvalue weighted by Crippen LogP contribution is 2.25. The summed E-state index contributed by atoms with van der Waals surface area (Å²) in [6.07, 6.45) is 2.03. The number of hydrogen-bond acceptors (Lipinski definition) is 2. The highest BCUT2D eigenvalue weighted by molar-refractivity contribution is 6.43. The standard InChI is InChI=1S/C15H19Cl2NO3/c1-9(15(20)21)5-3-6-10(2)18-14(19)11-7-4-8-12(16)13(11)17/h4,7-10H,3,5-6H2,1-2H3,(H,18,19)(H,20,21). The topological polar surface area (TPSA) is 66.4 Å². The summed E-state index contributed by atoms with van der Waals surface area (Å²) >= 11 is 11.9. The maximum atomic E-state index is 12.1. The van der Waals surface area contributed by atoms with Gasteiger partial charge in [-0.3, -0.25) is 9.59 Å². The van der Waals surface area contributed by atoms with Crippen LogP contribution < -0.4 is 5.32 Å². The Labute approximate surface area is 134 Å². The van der Waals surface area contributed by atoms with Crippen LogP contribution in [0.4, 0.5) is 0 Å². The van der Waals surface area contributed by atoms with Crippen molar-refractivity contribution >= 4 is 35.1 Å². The molecular formula is C15H19Cl2NO3. The third-order valence-corrected chi connectivity index (χ3v) is 4.09. The second-order valence-electron chi connectivity index (χ2n) is 5.15. The van der Waals surface area contributed by atoms with Gasteiger partial charge in [0.15, 0.2) is 0 Å². The Kier molecular flexibility index (Phi) is 6.99. The predicted molar refractivity (Wildman–Crippen MR) is 84.0 cm³/mol. The molecule has 2 atom stereocenters. The van der Waals surface area contributed by atoms with Crippen LogP contribution in [0.3, 0.4) is 0 Å². The molecule has 0 aromatic heterocycles. The van der Waals surface area contributed by atoms with Crippen molar-refractivity contribution in [2.24, 2.45) is 5.92 Å². The second-order valence-corrected chi connectivity index (χ2v) is 5.93. The number of aliphatic carboxylic acids is 1. The predicted octanol–water partition coefficient (Wildman–Crippen LogP) is 4.00. The van der Waals surface area contributed by atoms with E-state index in [1.54, 1.807) is 25.1 Å². The van der Waals surface area contributed by atoms with Gasteiger partial charge in [-0.2, -0.15) is 0 Å². The summed E-state index contributed by atoms with van der Waals surface area (Å²) in [5.74, 6) is -1.44. The Hall–Kier alpha value is -1.26. The molecule has 21 heavy (non-hydrogen) atoms. The maximum Gasteiger partial charge on any atom is 0.306 e. The van der Waals surface area contributed by atoms with E-state index in [-0.39, 0.29) is 22.9 Å². The third kappa shape index (κ3) is 5.56. The van der Waals surface area contributed by atoms with Gasteiger partial charge >= 0.3 is 5.97 Å². The fourth-order valence-electron chi connectivity index (χ4n) is 1.91. The van der Waals surface area contributed by atoms with Gasteiger partial charge in [0, 0.05) is 6.04 Å². The molecule has 2 unspecified atom stereocenters. The minimum atomic E-state index is -0.794. The maximum absolute atomic E-state index is 12.1. The van der Waals surface area contributed by atoms with Crippen molar-refractivity contribution in [1.82, 2.24) is 5.32 Å². The molecule has 6 heteroatoms. The van der Waals surface area contributed by atoms with E-state index in [4.69, 9.17) is 28.3 Å².